The molecule has 1 heterocycles. The van der Waals surface area contributed by atoms with E-state index in [9.17, 15) is 13.6 Å². The van der Waals surface area contributed by atoms with Crippen LogP contribution in [0, 0.1) is 11.6 Å². The molecule has 1 saturated heterocycles. The predicted molar refractivity (Wildman–Crippen MR) is 65.4 cm³/mol. The van der Waals surface area contributed by atoms with E-state index in [4.69, 9.17) is 4.74 Å². The maximum atomic E-state index is 13.2. The fraction of sp³-hybridized carbons (Fsp3) is 0.417. The number of nitrogens with zero attached hydrogens (tertiary/aromatic N) is 1. The van der Waals surface area contributed by atoms with Crippen molar-refractivity contribution in [2.45, 2.75) is 13.0 Å². The second kappa shape index (κ2) is 5.32. The average Bonchev–Trinajstić information content (AvgIpc) is 2.34. The van der Waals surface area contributed by atoms with E-state index in [1.807, 2.05) is 6.92 Å². The van der Waals surface area contributed by atoms with E-state index in [-0.39, 0.29) is 22.0 Å². The molecule has 98 valence electrons. The summed E-state index contributed by atoms with van der Waals surface area (Å²) in [6.07, 6.45) is -0.0450. The van der Waals surface area contributed by atoms with Gasteiger partial charge in [0.05, 0.1) is 17.2 Å². The highest BCUT2D eigenvalue weighted by Gasteiger charge is 2.24. The van der Waals surface area contributed by atoms with Gasteiger partial charge < -0.3 is 9.64 Å². The van der Waals surface area contributed by atoms with Crippen LogP contribution in [-0.2, 0) is 4.74 Å². The Hall–Kier alpha value is -1.01. The lowest BCUT2D eigenvalue weighted by Gasteiger charge is -2.31. The summed E-state index contributed by atoms with van der Waals surface area (Å²) in [5, 5.41) is 0. The molecule has 0 unspecified atom stereocenters. The van der Waals surface area contributed by atoms with Crippen LogP contribution >= 0.6 is 15.9 Å². The molecule has 0 spiro atoms. The van der Waals surface area contributed by atoms with Crippen LogP contribution in [0.25, 0.3) is 0 Å². The van der Waals surface area contributed by atoms with Gasteiger partial charge in [-0.25, -0.2) is 8.78 Å². The van der Waals surface area contributed by atoms with E-state index in [1.54, 1.807) is 4.90 Å². The monoisotopic (exact) mass is 319 g/mol. The lowest BCUT2D eigenvalue weighted by Crippen LogP contribution is -2.44. The maximum Gasteiger partial charge on any atom is 0.254 e. The number of amides is 1. The highest BCUT2D eigenvalue weighted by atomic mass is 79.9. The fourth-order valence-corrected chi connectivity index (χ4v) is 2.30. The molecule has 0 aliphatic carbocycles. The summed E-state index contributed by atoms with van der Waals surface area (Å²) in [4.78, 5) is 13.7. The van der Waals surface area contributed by atoms with Crippen LogP contribution in [0.3, 0.4) is 0 Å². The van der Waals surface area contributed by atoms with Crippen molar-refractivity contribution in [3.8, 4) is 0 Å². The molecule has 3 nitrogen and oxygen atoms in total. The minimum atomic E-state index is -1.03. The number of ether oxygens (including phenoxy) is 1. The zero-order valence-electron chi connectivity index (χ0n) is 9.75. The molecule has 1 aliphatic heterocycles. The molecule has 6 heteroatoms. The van der Waals surface area contributed by atoms with Crippen molar-refractivity contribution in [2.75, 3.05) is 19.7 Å². The third-order valence-corrected chi connectivity index (χ3v) is 3.34. The van der Waals surface area contributed by atoms with Crippen LogP contribution in [0.2, 0.25) is 0 Å². The Morgan fingerprint density at radius 3 is 2.83 bits per heavy atom. The van der Waals surface area contributed by atoms with Crippen molar-refractivity contribution in [1.29, 1.82) is 0 Å². The quantitative estimate of drug-likeness (QED) is 0.745. The lowest BCUT2D eigenvalue weighted by molar-refractivity contribution is -0.0124. The van der Waals surface area contributed by atoms with Crippen LogP contribution in [0.1, 0.15) is 17.3 Å². The Morgan fingerprint density at radius 2 is 2.22 bits per heavy atom. The van der Waals surface area contributed by atoms with Gasteiger partial charge in [0.15, 0.2) is 11.6 Å². The molecule has 0 bridgehead atoms. The van der Waals surface area contributed by atoms with Gasteiger partial charge in [-0.3, -0.25) is 4.79 Å². The van der Waals surface area contributed by atoms with E-state index in [2.05, 4.69) is 15.9 Å². The first-order chi connectivity index (χ1) is 8.49. The second-order valence-electron chi connectivity index (χ2n) is 4.19. The Kier molecular flexibility index (Phi) is 3.97. The fourth-order valence-electron chi connectivity index (χ4n) is 1.86. The summed E-state index contributed by atoms with van der Waals surface area (Å²) < 4.78 is 31.6. The zero-order valence-corrected chi connectivity index (χ0v) is 11.3. The van der Waals surface area contributed by atoms with E-state index in [1.165, 1.54) is 6.07 Å². The summed E-state index contributed by atoms with van der Waals surface area (Å²) >= 11 is 2.89. The molecule has 1 aromatic carbocycles. The van der Waals surface area contributed by atoms with Crippen LogP contribution in [0.4, 0.5) is 8.78 Å². The average molecular weight is 320 g/mol. The molecule has 1 amide bonds. The number of halogens is 3. The Labute approximate surface area is 112 Å². The molecule has 1 aromatic rings. The highest BCUT2D eigenvalue weighted by Crippen LogP contribution is 2.22. The first-order valence-electron chi connectivity index (χ1n) is 5.54. The van der Waals surface area contributed by atoms with Crippen molar-refractivity contribution in [3.05, 3.63) is 33.8 Å². The maximum absolute atomic E-state index is 13.2. The molecule has 0 aromatic heterocycles. The molecule has 18 heavy (non-hydrogen) atoms. The predicted octanol–water partition coefficient (Wildman–Crippen LogP) is 2.59. The van der Waals surface area contributed by atoms with Crippen molar-refractivity contribution >= 4 is 21.8 Å². The van der Waals surface area contributed by atoms with Gasteiger partial charge in [-0.05, 0) is 35.0 Å². The highest BCUT2D eigenvalue weighted by molar-refractivity contribution is 9.10. The van der Waals surface area contributed by atoms with Gasteiger partial charge in [-0.1, -0.05) is 0 Å². The number of carbonyl (C=O) groups excluding carboxylic acids is 1. The van der Waals surface area contributed by atoms with Crippen molar-refractivity contribution in [1.82, 2.24) is 4.90 Å². The summed E-state index contributed by atoms with van der Waals surface area (Å²) in [6, 6.07) is 2.21. The molecular weight excluding hydrogens is 308 g/mol. The van der Waals surface area contributed by atoms with E-state index >= 15 is 0 Å². The Bertz CT molecular complexity index is 458. The number of carbonyl (C=O) groups is 1. The molecule has 0 radical (unpaired) electrons. The number of benzene rings is 1. The number of morpholine rings is 1. The molecule has 0 saturated carbocycles. The van der Waals surface area contributed by atoms with Crippen LogP contribution in [0.5, 0.6) is 0 Å². The molecule has 1 aliphatic rings. The summed E-state index contributed by atoms with van der Waals surface area (Å²) in [6.45, 7) is 3.23. The largest absolute Gasteiger partial charge is 0.375 e. The standard InChI is InChI=1S/C12H12BrF2NO2/c1-7-6-16(2-3-18-7)12(17)8-4-9(13)11(15)10(14)5-8/h4-5,7H,2-3,6H2,1H3/t7-/m1/s1. The number of rotatable bonds is 1. The van der Waals surface area contributed by atoms with Gasteiger partial charge >= 0.3 is 0 Å². The third-order valence-electron chi connectivity index (χ3n) is 2.76. The van der Waals surface area contributed by atoms with Crippen molar-refractivity contribution in [2.24, 2.45) is 0 Å². The van der Waals surface area contributed by atoms with Gasteiger partial charge in [0, 0.05) is 18.7 Å². The summed E-state index contributed by atoms with van der Waals surface area (Å²) in [7, 11) is 0. The molecule has 1 atom stereocenters. The first kappa shape index (κ1) is 13.4. The van der Waals surface area contributed by atoms with E-state index < -0.39 is 11.6 Å². The lowest BCUT2D eigenvalue weighted by atomic mass is 10.1. The number of hydrogen-bond donors (Lipinski definition) is 0. The van der Waals surface area contributed by atoms with Crippen molar-refractivity contribution in [3.63, 3.8) is 0 Å². The number of hydrogen-bond acceptors (Lipinski definition) is 2. The molecular formula is C12H12BrF2NO2. The van der Waals surface area contributed by atoms with E-state index in [0.29, 0.717) is 19.7 Å². The van der Waals surface area contributed by atoms with Crippen LogP contribution in [0.15, 0.2) is 16.6 Å². The minimum Gasteiger partial charge on any atom is -0.375 e. The normalized spacial score (nSPS) is 20.0. The first-order valence-corrected chi connectivity index (χ1v) is 6.33. The van der Waals surface area contributed by atoms with Gasteiger partial charge in [0.1, 0.15) is 0 Å². The van der Waals surface area contributed by atoms with Crippen LogP contribution < -0.4 is 0 Å². The third kappa shape index (κ3) is 2.70. The Balaban J connectivity index is 2.23. The van der Waals surface area contributed by atoms with Crippen molar-refractivity contribution < 1.29 is 18.3 Å². The molecule has 1 fully saturated rings. The van der Waals surface area contributed by atoms with E-state index in [0.717, 1.165) is 6.07 Å². The second-order valence-corrected chi connectivity index (χ2v) is 5.04. The smallest absolute Gasteiger partial charge is 0.254 e. The summed E-state index contributed by atoms with van der Waals surface area (Å²) in [5.74, 6) is -2.33. The van der Waals surface area contributed by atoms with Gasteiger partial charge in [0.2, 0.25) is 0 Å². The van der Waals surface area contributed by atoms with Gasteiger partial charge in [-0.2, -0.15) is 0 Å². The van der Waals surface area contributed by atoms with Gasteiger partial charge in [0.25, 0.3) is 5.91 Å². The topological polar surface area (TPSA) is 29.5 Å². The van der Waals surface area contributed by atoms with Crippen LogP contribution in [-0.4, -0.2) is 36.6 Å². The molecule has 2 rings (SSSR count). The minimum absolute atomic E-state index is 0.0450. The van der Waals surface area contributed by atoms with Gasteiger partial charge in [-0.15, -0.1) is 0 Å². The Morgan fingerprint density at radius 1 is 1.50 bits per heavy atom. The SMILES string of the molecule is C[C@@H]1CN(C(=O)c2cc(F)c(F)c(Br)c2)CCO1. The summed E-state index contributed by atoms with van der Waals surface area (Å²) in [5.41, 5.74) is 0.134. The molecule has 0 N–H and O–H groups in total. The zero-order chi connectivity index (χ0) is 13.3.